The van der Waals surface area contributed by atoms with Gasteiger partial charge in [-0.3, -0.25) is 0 Å². The number of hydrogen-bond acceptors (Lipinski definition) is 4. The lowest BCUT2D eigenvalue weighted by atomic mass is 9.91. The van der Waals surface area contributed by atoms with E-state index < -0.39 is 0 Å². The molecule has 2 unspecified atom stereocenters. The average molecular weight is 357 g/mol. The second-order valence-corrected chi connectivity index (χ2v) is 7.68. The van der Waals surface area contributed by atoms with Crippen LogP contribution in [0.2, 0.25) is 0 Å². The van der Waals surface area contributed by atoms with Crippen molar-refractivity contribution in [1.29, 1.82) is 0 Å². The highest BCUT2D eigenvalue weighted by atomic mass is 16.5. The van der Waals surface area contributed by atoms with E-state index in [0.29, 0.717) is 12.5 Å². The number of rotatable bonds is 3. The maximum absolute atomic E-state index is 12.9. The molecule has 0 aromatic carbocycles. The molecule has 1 aliphatic carbocycles. The Hall–Kier alpha value is -2.24. The van der Waals surface area contributed by atoms with Gasteiger partial charge in [0.25, 0.3) is 0 Å². The summed E-state index contributed by atoms with van der Waals surface area (Å²) >= 11 is 0. The second-order valence-electron chi connectivity index (χ2n) is 7.68. The Bertz CT molecular complexity index is 779. The van der Waals surface area contributed by atoms with Gasteiger partial charge in [0.2, 0.25) is 0 Å². The Labute approximate surface area is 153 Å². The minimum absolute atomic E-state index is 0.00123. The van der Waals surface area contributed by atoms with E-state index in [1.54, 1.807) is 0 Å². The molecular formula is C20H27N3O3. The minimum atomic E-state index is -0.0523. The van der Waals surface area contributed by atoms with Crippen molar-refractivity contribution in [3.8, 4) is 0 Å². The molecule has 2 aromatic heterocycles. The predicted octanol–water partition coefficient (Wildman–Crippen LogP) is 4.14. The van der Waals surface area contributed by atoms with Gasteiger partial charge < -0.3 is 19.2 Å². The summed E-state index contributed by atoms with van der Waals surface area (Å²) in [5, 5.41) is 7.23. The number of amides is 2. The van der Waals surface area contributed by atoms with Crippen molar-refractivity contribution in [2.45, 2.75) is 65.0 Å². The first-order valence-corrected chi connectivity index (χ1v) is 9.69. The van der Waals surface area contributed by atoms with Crippen molar-refractivity contribution in [2.24, 2.45) is 5.92 Å². The van der Waals surface area contributed by atoms with Gasteiger partial charge >= 0.3 is 6.03 Å². The number of fused-ring (bicyclic) bond motifs is 1. The summed E-state index contributed by atoms with van der Waals surface area (Å²) in [7, 11) is 0. The molecule has 4 rings (SSSR count). The van der Waals surface area contributed by atoms with Crippen LogP contribution in [0.3, 0.4) is 0 Å². The number of urea groups is 1. The number of hydrogen-bond donors (Lipinski definition) is 1. The van der Waals surface area contributed by atoms with Crippen molar-refractivity contribution in [2.75, 3.05) is 6.54 Å². The van der Waals surface area contributed by atoms with Gasteiger partial charge in [0, 0.05) is 18.5 Å². The van der Waals surface area contributed by atoms with Gasteiger partial charge in [-0.25, -0.2) is 4.79 Å². The first-order chi connectivity index (χ1) is 12.6. The van der Waals surface area contributed by atoms with Crippen LogP contribution in [0.5, 0.6) is 0 Å². The molecule has 26 heavy (non-hydrogen) atoms. The second kappa shape index (κ2) is 7.17. The Kier molecular flexibility index (Phi) is 4.74. The largest absolute Gasteiger partial charge is 0.464 e. The van der Waals surface area contributed by atoms with Gasteiger partial charge in [0.15, 0.2) is 0 Å². The molecule has 140 valence electrons. The first kappa shape index (κ1) is 17.2. The van der Waals surface area contributed by atoms with Gasteiger partial charge in [-0.2, -0.15) is 0 Å². The fourth-order valence-electron chi connectivity index (χ4n) is 4.14. The number of nitrogens with one attached hydrogen (secondary N) is 1. The summed E-state index contributed by atoms with van der Waals surface area (Å²) in [6, 6.07) is 3.90. The highest BCUT2D eigenvalue weighted by Crippen LogP contribution is 2.35. The number of nitrogens with zero attached hydrogens (tertiary/aromatic N) is 2. The van der Waals surface area contributed by atoms with Crippen LogP contribution in [-0.2, 0) is 19.4 Å². The van der Waals surface area contributed by atoms with Crippen molar-refractivity contribution in [3.05, 3.63) is 40.7 Å². The lowest BCUT2D eigenvalue weighted by Gasteiger charge is -2.37. The summed E-state index contributed by atoms with van der Waals surface area (Å²) in [5.41, 5.74) is 2.07. The van der Waals surface area contributed by atoms with E-state index in [2.05, 4.69) is 17.4 Å². The Morgan fingerprint density at radius 1 is 1.35 bits per heavy atom. The smallest absolute Gasteiger partial charge is 0.318 e. The summed E-state index contributed by atoms with van der Waals surface area (Å²) in [5.74, 6) is 3.34. The van der Waals surface area contributed by atoms with Gasteiger partial charge in [-0.15, -0.1) is 0 Å². The summed E-state index contributed by atoms with van der Waals surface area (Å²) in [6.07, 6.45) is 6.23. The lowest BCUT2D eigenvalue weighted by Crippen LogP contribution is -2.45. The molecule has 0 bridgehead atoms. The standard InChI is InChI=1S/C20H27N3O3/c1-13-9-10-23(17(11-13)19-8-7-14(2)25-19)20(24)21-12-16-15-5-3-4-6-18(15)26-22-16/h7-8,13,17H,3-6,9-12H2,1-2H3,(H,21,24). The summed E-state index contributed by atoms with van der Waals surface area (Å²) in [4.78, 5) is 14.8. The SMILES string of the molecule is Cc1ccc(C2CC(C)CCN2C(=O)NCc2noc3c2CCCC3)o1. The zero-order chi connectivity index (χ0) is 18.1. The van der Waals surface area contributed by atoms with Gasteiger partial charge in [-0.05, 0) is 57.1 Å². The van der Waals surface area contributed by atoms with Crippen LogP contribution < -0.4 is 5.32 Å². The molecule has 2 aliphatic rings. The highest BCUT2D eigenvalue weighted by Gasteiger charge is 2.33. The van der Waals surface area contributed by atoms with E-state index in [1.165, 1.54) is 12.0 Å². The van der Waals surface area contributed by atoms with Crippen LogP contribution >= 0.6 is 0 Å². The molecule has 1 fully saturated rings. The molecule has 1 saturated heterocycles. The zero-order valence-corrected chi connectivity index (χ0v) is 15.6. The van der Waals surface area contributed by atoms with Gasteiger partial charge in [-0.1, -0.05) is 12.1 Å². The van der Waals surface area contributed by atoms with Crippen LogP contribution in [0.25, 0.3) is 0 Å². The topological polar surface area (TPSA) is 71.5 Å². The fourth-order valence-corrected chi connectivity index (χ4v) is 4.14. The first-order valence-electron chi connectivity index (χ1n) is 9.69. The van der Waals surface area contributed by atoms with Gasteiger partial charge in [0.05, 0.1) is 12.6 Å². The molecule has 1 N–H and O–H groups in total. The maximum atomic E-state index is 12.9. The summed E-state index contributed by atoms with van der Waals surface area (Å²) in [6.45, 7) is 5.34. The van der Waals surface area contributed by atoms with Crippen LogP contribution in [0.15, 0.2) is 21.1 Å². The van der Waals surface area contributed by atoms with Crippen LogP contribution in [0, 0.1) is 12.8 Å². The highest BCUT2D eigenvalue weighted by molar-refractivity contribution is 5.74. The number of furan rings is 1. The third-order valence-corrected chi connectivity index (χ3v) is 5.65. The third-order valence-electron chi connectivity index (χ3n) is 5.65. The average Bonchev–Trinajstić information content (AvgIpc) is 3.26. The van der Waals surface area contributed by atoms with Crippen molar-refractivity contribution in [3.63, 3.8) is 0 Å². The Balaban J connectivity index is 1.45. The van der Waals surface area contributed by atoms with Crippen molar-refractivity contribution in [1.82, 2.24) is 15.4 Å². The number of aryl methyl sites for hydroxylation is 2. The number of piperidine rings is 1. The predicted molar refractivity (Wildman–Crippen MR) is 96.7 cm³/mol. The number of aromatic nitrogens is 1. The summed E-state index contributed by atoms with van der Waals surface area (Å²) < 4.78 is 11.3. The molecule has 0 spiro atoms. The molecule has 6 heteroatoms. The quantitative estimate of drug-likeness (QED) is 0.896. The minimum Gasteiger partial charge on any atom is -0.464 e. The number of likely N-dealkylation sites (tertiary alicyclic amines) is 1. The molecule has 2 aromatic rings. The fraction of sp³-hybridized carbons (Fsp3) is 0.600. The number of carbonyl (C=O) groups is 1. The van der Waals surface area contributed by atoms with E-state index in [4.69, 9.17) is 8.94 Å². The Morgan fingerprint density at radius 3 is 3.00 bits per heavy atom. The van der Waals surface area contributed by atoms with Gasteiger partial charge in [0.1, 0.15) is 23.0 Å². The zero-order valence-electron chi connectivity index (χ0n) is 15.6. The molecule has 0 radical (unpaired) electrons. The van der Waals surface area contributed by atoms with Crippen molar-refractivity contribution < 1.29 is 13.7 Å². The number of carbonyl (C=O) groups excluding carboxylic acids is 1. The van der Waals surface area contributed by atoms with E-state index in [9.17, 15) is 4.79 Å². The third kappa shape index (κ3) is 3.37. The molecule has 1 aliphatic heterocycles. The lowest BCUT2D eigenvalue weighted by molar-refractivity contribution is 0.118. The van der Waals surface area contributed by atoms with Crippen LogP contribution in [0.1, 0.15) is 67.2 Å². The van der Waals surface area contributed by atoms with E-state index in [1.807, 2.05) is 24.0 Å². The van der Waals surface area contributed by atoms with E-state index in [-0.39, 0.29) is 12.1 Å². The molecule has 3 heterocycles. The molecule has 2 amide bonds. The molecular weight excluding hydrogens is 330 g/mol. The Morgan fingerprint density at radius 2 is 2.19 bits per heavy atom. The monoisotopic (exact) mass is 357 g/mol. The maximum Gasteiger partial charge on any atom is 0.318 e. The van der Waals surface area contributed by atoms with E-state index in [0.717, 1.165) is 61.6 Å². The molecule has 2 atom stereocenters. The van der Waals surface area contributed by atoms with Crippen molar-refractivity contribution >= 4 is 6.03 Å². The van der Waals surface area contributed by atoms with Crippen LogP contribution in [-0.4, -0.2) is 22.6 Å². The van der Waals surface area contributed by atoms with Crippen LogP contribution in [0.4, 0.5) is 4.79 Å². The molecule has 6 nitrogen and oxygen atoms in total. The van der Waals surface area contributed by atoms with E-state index >= 15 is 0 Å². The normalized spacial score (nSPS) is 22.9. The molecule has 0 saturated carbocycles.